The highest BCUT2D eigenvalue weighted by molar-refractivity contribution is 6.37. The van der Waals surface area contributed by atoms with Crippen LogP contribution in [0.4, 0.5) is 0 Å². The predicted molar refractivity (Wildman–Crippen MR) is 97.8 cm³/mol. The number of ether oxygens (including phenoxy) is 4. The average molecular weight is 412 g/mol. The summed E-state index contributed by atoms with van der Waals surface area (Å²) < 4.78 is 20.8. The van der Waals surface area contributed by atoms with E-state index in [2.05, 4.69) is 5.32 Å². The number of rotatable bonds is 7. The number of carbonyl (C=O) groups is 2. The van der Waals surface area contributed by atoms with E-state index in [0.717, 1.165) is 0 Å². The molecule has 0 saturated heterocycles. The summed E-state index contributed by atoms with van der Waals surface area (Å²) in [5.74, 6) is 0.362. The maximum atomic E-state index is 12.1. The Hall–Kier alpha value is -2.64. The van der Waals surface area contributed by atoms with Gasteiger partial charge in [-0.1, -0.05) is 29.3 Å². The van der Waals surface area contributed by atoms with Gasteiger partial charge in [-0.05, 0) is 30.3 Å². The van der Waals surface area contributed by atoms with E-state index in [4.69, 9.17) is 42.1 Å². The van der Waals surface area contributed by atoms with E-state index in [1.54, 1.807) is 36.4 Å². The number of carbonyl (C=O) groups excluding carboxylic acids is 2. The Kier molecular flexibility index (Phi) is 6.26. The number of para-hydroxylation sites is 1. The second kappa shape index (κ2) is 8.83. The molecule has 0 saturated carbocycles. The van der Waals surface area contributed by atoms with Gasteiger partial charge in [0.05, 0.1) is 10.0 Å². The van der Waals surface area contributed by atoms with E-state index in [-0.39, 0.29) is 26.6 Å². The number of hydrogen-bond acceptors (Lipinski definition) is 6. The molecule has 0 fully saturated rings. The molecule has 0 atom stereocenters. The van der Waals surface area contributed by atoms with Crippen molar-refractivity contribution in [3.63, 3.8) is 0 Å². The molecule has 0 spiro atoms. The van der Waals surface area contributed by atoms with Gasteiger partial charge in [-0.25, -0.2) is 0 Å². The van der Waals surface area contributed by atoms with Gasteiger partial charge in [0.25, 0.3) is 5.91 Å². The number of amides is 1. The number of fused-ring (bicyclic) bond motifs is 1. The standard InChI is InChI=1S/C18H15Cl2NO6/c19-12-2-1-3-13(20)17(12)25-7-6-24-16(22)9-21-18(23)11-4-5-14-15(8-11)27-10-26-14/h1-5,8H,6-7,9-10H2,(H,21,23). The summed E-state index contributed by atoms with van der Waals surface area (Å²) in [6.07, 6.45) is 0. The summed E-state index contributed by atoms with van der Waals surface area (Å²) in [6, 6.07) is 9.73. The van der Waals surface area contributed by atoms with Crippen LogP contribution in [-0.2, 0) is 9.53 Å². The molecule has 0 aliphatic carbocycles. The summed E-state index contributed by atoms with van der Waals surface area (Å²) in [5.41, 5.74) is 0.351. The van der Waals surface area contributed by atoms with E-state index < -0.39 is 11.9 Å². The fourth-order valence-electron chi connectivity index (χ4n) is 2.26. The zero-order valence-electron chi connectivity index (χ0n) is 14.0. The zero-order valence-corrected chi connectivity index (χ0v) is 15.5. The van der Waals surface area contributed by atoms with Crippen LogP contribution in [0.15, 0.2) is 36.4 Å². The maximum absolute atomic E-state index is 12.1. The van der Waals surface area contributed by atoms with Crippen LogP contribution >= 0.6 is 23.2 Å². The monoisotopic (exact) mass is 411 g/mol. The Morgan fingerprint density at radius 2 is 1.78 bits per heavy atom. The molecule has 7 nitrogen and oxygen atoms in total. The number of halogens is 2. The molecule has 0 unspecified atom stereocenters. The molecule has 2 aromatic rings. The van der Waals surface area contributed by atoms with Crippen molar-refractivity contribution in [2.45, 2.75) is 0 Å². The second-order valence-electron chi connectivity index (χ2n) is 5.37. The molecule has 1 aliphatic rings. The summed E-state index contributed by atoms with van der Waals surface area (Å²) in [6.45, 7) is -0.0973. The first-order valence-electron chi connectivity index (χ1n) is 7.95. The molecule has 2 aromatic carbocycles. The van der Waals surface area contributed by atoms with Gasteiger partial charge < -0.3 is 24.3 Å². The molecule has 0 aromatic heterocycles. The number of nitrogens with one attached hydrogen (secondary N) is 1. The van der Waals surface area contributed by atoms with Gasteiger partial charge >= 0.3 is 5.97 Å². The predicted octanol–water partition coefficient (Wildman–Crippen LogP) is 3.07. The molecule has 9 heteroatoms. The number of benzene rings is 2. The molecule has 142 valence electrons. The zero-order chi connectivity index (χ0) is 19.2. The van der Waals surface area contributed by atoms with Gasteiger partial charge in [0, 0.05) is 5.56 Å². The molecule has 0 bridgehead atoms. The van der Waals surface area contributed by atoms with Crippen molar-refractivity contribution in [1.29, 1.82) is 0 Å². The van der Waals surface area contributed by atoms with Gasteiger partial charge in [-0.15, -0.1) is 0 Å². The normalized spacial score (nSPS) is 11.8. The molecule has 1 amide bonds. The van der Waals surface area contributed by atoms with E-state index in [0.29, 0.717) is 32.9 Å². The lowest BCUT2D eigenvalue weighted by atomic mass is 10.2. The van der Waals surface area contributed by atoms with Crippen molar-refractivity contribution in [2.24, 2.45) is 0 Å². The number of esters is 1. The molecular formula is C18H15Cl2NO6. The van der Waals surface area contributed by atoms with Crippen molar-refractivity contribution < 1.29 is 28.5 Å². The van der Waals surface area contributed by atoms with Crippen molar-refractivity contribution in [1.82, 2.24) is 5.32 Å². The van der Waals surface area contributed by atoms with Gasteiger partial charge in [0.15, 0.2) is 17.2 Å². The highest BCUT2D eigenvalue weighted by Gasteiger charge is 2.16. The Balaban J connectivity index is 1.39. The van der Waals surface area contributed by atoms with Crippen molar-refractivity contribution in [3.05, 3.63) is 52.0 Å². The lowest BCUT2D eigenvalue weighted by molar-refractivity contribution is -0.143. The van der Waals surface area contributed by atoms with Crippen LogP contribution in [0.3, 0.4) is 0 Å². The molecule has 3 rings (SSSR count). The quantitative estimate of drug-likeness (QED) is 0.556. The van der Waals surface area contributed by atoms with Crippen LogP contribution in [0.1, 0.15) is 10.4 Å². The minimum atomic E-state index is -0.599. The molecular weight excluding hydrogens is 397 g/mol. The lowest BCUT2D eigenvalue weighted by Gasteiger charge is -2.10. The van der Waals surface area contributed by atoms with Crippen LogP contribution in [0.25, 0.3) is 0 Å². The van der Waals surface area contributed by atoms with Gasteiger partial charge in [-0.2, -0.15) is 0 Å². The average Bonchev–Trinajstić information content (AvgIpc) is 3.13. The molecule has 0 radical (unpaired) electrons. The third-order valence-electron chi connectivity index (χ3n) is 3.54. The van der Waals surface area contributed by atoms with Crippen LogP contribution in [-0.4, -0.2) is 38.4 Å². The second-order valence-corrected chi connectivity index (χ2v) is 6.18. The van der Waals surface area contributed by atoms with E-state index in [1.165, 1.54) is 0 Å². The minimum absolute atomic E-state index is 0.0136. The van der Waals surface area contributed by atoms with Crippen molar-refractivity contribution >= 4 is 35.1 Å². The van der Waals surface area contributed by atoms with Crippen molar-refractivity contribution in [2.75, 3.05) is 26.6 Å². The van der Waals surface area contributed by atoms with Crippen molar-refractivity contribution in [3.8, 4) is 17.2 Å². The highest BCUT2D eigenvalue weighted by atomic mass is 35.5. The maximum Gasteiger partial charge on any atom is 0.325 e. The van der Waals surface area contributed by atoms with Gasteiger partial charge in [0.1, 0.15) is 19.8 Å². The first-order valence-corrected chi connectivity index (χ1v) is 8.70. The first kappa shape index (κ1) is 19.1. The van der Waals surface area contributed by atoms with Crippen LogP contribution < -0.4 is 19.5 Å². The summed E-state index contributed by atoms with van der Waals surface area (Å²) >= 11 is 11.9. The minimum Gasteiger partial charge on any atom is -0.487 e. The Morgan fingerprint density at radius 3 is 2.56 bits per heavy atom. The summed E-state index contributed by atoms with van der Waals surface area (Å²) in [4.78, 5) is 23.8. The molecule has 27 heavy (non-hydrogen) atoms. The molecule has 1 aliphatic heterocycles. The smallest absolute Gasteiger partial charge is 0.325 e. The summed E-state index contributed by atoms with van der Waals surface area (Å²) in [5, 5.41) is 3.20. The third-order valence-corrected chi connectivity index (χ3v) is 4.14. The third kappa shape index (κ3) is 4.96. The van der Waals surface area contributed by atoms with E-state index in [1.807, 2.05) is 0 Å². The van der Waals surface area contributed by atoms with Gasteiger partial charge in [-0.3, -0.25) is 9.59 Å². The Morgan fingerprint density at radius 1 is 1.04 bits per heavy atom. The lowest BCUT2D eigenvalue weighted by Crippen LogP contribution is -2.31. The van der Waals surface area contributed by atoms with Crippen LogP contribution in [0.2, 0.25) is 10.0 Å². The fraction of sp³-hybridized carbons (Fsp3) is 0.222. The SMILES string of the molecule is O=C(CNC(=O)c1ccc2c(c1)OCO2)OCCOc1c(Cl)cccc1Cl. The fourth-order valence-corrected chi connectivity index (χ4v) is 2.77. The summed E-state index contributed by atoms with van der Waals surface area (Å²) in [7, 11) is 0. The molecule has 1 heterocycles. The van der Waals surface area contributed by atoms with Crippen LogP contribution in [0.5, 0.6) is 17.2 Å². The topological polar surface area (TPSA) is 83.1 Å². The van der Waals surface area contributed by atoms with E-state index in [9.17, 15) is 9.59 Å². The molecule has 1 N–H and O–H groups in total. The highest BCUT2D eigenvalue weighted by Crippen LogP contribution is 2.33. The number of hydrogen-bond donors (Lipinski definition) is 1. The largest absolute Gasteiger partial charge is 0.487 e. The van der Waals surface area contributed by atoms with E-state index >= 15 is 0 Å². The Labute approximate surface area is 165 Å². The van der Waals surface area contributed by atoms with Crippen LogP contribution in [0, 0.1) is 0 Å². The van der Waals surface area contributed by atoms with Gasteiger partial charge in [0.2, 0.25) is 6.79 Å². The first-order chi connectivity index (χ1) is 13.0. The Bertz CT molecular complexity index is 837.